The molecule has 0 saturated carbocycles. The van der Waals surface area contributed by atoms with Gasteiger partial charge in [0.25, 0.3) is 0 Å². The Morgan fingerprint density at radius 3 is 0.820 bits per heavy atom. The van der Waals surface area contributed by atoms with Crippen molar-refractivity contribution in [2.75, 3.05) is 39.6 Å². The highest BCUT2D eigenvalue weighted by atomic mass is 31.2. The molecule has 0 aromatic carbocycles. The molecule has 2 unspecified atom stereocenters. The predicted octanol–water partition coefficient (Wildman–Crippen LogP) is 24.0. The van der Waals surface area contributed by atoms with Gasteiger partial charge in [-0.15, -0.1) is 0 Å². The van der Waals surface area contributed by atoms with Gasteiger partial charge in [0.15, 0.2) is 12.2 Å². The zero-order valence-corrected chi connectivity index (χ0v) is 66.6. The number of carbonyl (C=O) groups is 4. The minimum atomic E-state index is -4.96. The first-order chi connectivity index (χ1) is 48.5. The van der Waals surface area contributed by atoms with Crippen LogP contribution in [0.2, 0.25) is 0 Å². The largest absolute Gasteiger partial charge is 0.472 e. The molecule has 19 heteroatoms. The lowest BCUT2D eigenvalue weighted by Gasteiger charge is -2.21. The van der Waals surface area contributed by atoms with Crippen LogP contribution in [0, 0.1) is 5.92 Å². The maximum absolute atomic E-state index is 13.1. The summed E-state index contributed by atoms with van der Waals surface area (Å²) in [4.78, 5) is 72.8. The van der Waals surface area contributed by atoms with Gasteiger partial charge in [-0.3, -0.25) is 37.3 Å². The third kappa shape index (κ3) is 73.8. The molecule has 100 heavy (non-hydrogen) atoms. The lowest BCUT2D eigenvalue weighted by molar-refractivity contribution is -0.161. The molecule has 0 aromatic heterocycles. The van der Waals surface area contributed by atoms with Crippen LogP contribution in [0.4, 0.5) is 0 Å². The number of carbonyl (C=O) groups excluding carboxylic acids is 4. The molecular weight excluding hydrogens is 1310 g/mol. The second kappa shape index (κ2) is 73.4. The van der Waals surface area contributed by atoms with Crippen LogP contribution in [0.3, 0.4) is 0 Å². The van der Waals surface area contributed by atoms with E-state index in [1.54, 1.807) is 0 Å². The molecule has 0 aliphatic rings. The van der Waals surface area contributed by atoms with Crippen molar-refractivity contribution in [1.29, 1.82) is 0 Å². The standard InChI is InChI=1S/C81H154O17P2/c1-6-9-12-15-18-20-22-24-26-27-28-29-30-31-33-39-43-47-52-57-62-67-81(86)98-77(71-92-79(84)65-60-55-50-45-41-37-35-34-36-40-44-49-53-58-63-74(4)5)73-96-100(89,90)94-69-75(82)68-93-99(87,88)95-72-76(70-91-78(83)64-59-54-48-17-14-11-8-3)97-80(85)66-61-56-51-46-42-38-32-25-23-21-19-16-13-10-7-2/h21,23,25,32,74-77,82H,6-20,22,24,26-31,33-73H2,1-5H3,(H,87,88)(H,89,90)/b23-21-,32-25-/t75-,76+,77+/m0/s1. The quantitative estimate of drug-likeness (QED) is 0.0169. The zero-order valence-electron chi connectivity index (χ0n) is 64.8. The Morgan fingerprint density at radius 1 is 0.310 bits per heavy atom. The summed E-state index contributed by atoms with van der Waals surface area (Å²) in [6.45, 7) is 7.24. The molecule has 0 radical (unpaired) electrons. The molecule has 0 spiro atoms. The van der Waals surface area contributed by atoms with Crippen LogP contribution in [0.5, 0.6) is 0 Å². The Bertz CT molecular complexity index is 2000. The first-order valence-electron chi connectivity index (χ1n) is 41.5. The predicted molar refractivity (Wildman–Crippen MR) is 409 cm³/mol. The van der Waals surface area contributed by atoms with E-state index in [0.717, 1.165) is 121 Å². The number of ether oxygens (including phenoxy) is 4. The van der Waals surface area contributed by atoms with E-state index in [1.807, 2.05) is 0 Å². The summed E-state index contributed by atoms with van der Waals surface area (Å²) in [5.41, 5.74) is 0. The summed E-state index contributed by atoms with van der Waals surface area (Å²) in [6.07, 6.45) is 67.7. The van der Waals surface area contributed by atoms with Crippen LogP contribution < -0.4 is 0 Å². The summed E-state index contributed by atoms with van der Waals surface area (Å²) in [5.74, 6) is -1.35. The van der Waals surface area contributed by atoms with Gasteiger partial charge in [0.2, 0.25) is 0 Å². The number of hydrogen-bond acceptors (Lipinski definition) is 15. The first-order valence-corrected chi connectivity index (χ1v) is 44.4. The number of aliphatic hydroxyl groups is 1. The number of hydrogen-bond donors (Lipinski definition) is 3. The number of allylic oxidation sites excluding steroid dienone is 4. The second-order valence-corrected chi connectivity index (χ2v) is 31.9. The topological polar surface area (TPSA) is 237 Å². The number of phosphoric ester groups is 2. The van der Waals surface area contributed by atoms with Gasteiger partial charge < -0.3 is 33.8 Å². The van der Waals surface area contributed by atoms with Gasteiger partial charge in [-0.25, -0.2) is 9.13 Å². The van der Waals surface area contributed by atoms with E-state index < -0.39 is 97.5 Å². The summed E-state index contributed by atoms with van der Waals surface area (Å²) in [6, 6.07) is 0. The van der Waals surface area contributed by atoms with E-state index in [2.05, 4.69) is 58.9 Å². The van der Waals surface area contributed by atoms with E-state index in [9.17, 15) is 43.2 Å². The van der Waals surface area contributed by atoms with Crippen LogP contribution in [-0.2, 0) is 65.4 Å². The first kappa shape index (κ1) is 97.5. The molecule has 0 amide bonds. The van der Waals surface area contributed by atoms with Crippen molar-refractivity contribution in [2.45, 2.75) is 425 Å². The van der Waals surface area contributed by atoms with Crippen molar-refractivity contribution in [3.8, 4) is 0 Å². The monoisotopic (exact) mass is 1460 g/mol. The maximum Gasteiger partial charge on any atom is 0.472 e. The van der Waals surface area contributed by atoms with Gasteiger partial charge >= 0.3 is 39.5 Å². The van der Waals surface area contributed by atoms with Crippen molar-refractivity contribution in [3.63, 3.8) is 0 Å². The molecule has 0 fully saturated rings. The third-order valence-electron chi connectivity index (χ3n) is 18.4. The minimum absolute atomic E-state index is 0.0850. The lowest BCUT2D eigenvalue weighted by Crippen LogP contribution is -2.30. The second-order valence-electron chi connectivity index (χ2n) is 29.0. The Kier molecular flexibility index (Phi) is 71.6. The Hall–Kier alpha value is -2.46. The molecule has 5 atom stereocenters. The van der Waals surface area contributed by atoms with Crippen molar-refractivity contribution in [1.82, 2.24) is 0 Å². The highest BCUT2D eigenvalue weighted by molar-refractivity contribution is 7.47. The lowest BCUT2D eigenvalue weighted by atomic mass is 10.0. The van der Waals surface area contributed by atoms with Gasteiger partial charge in [-0.1, -0.05) is 354 Å². The molecule has 0 aliphatic heterocycles. The number of phosphoric acid groups is 2. The van der Waals surface area contributed by atoms with Gasteiger partial charge in [0.05, 0.1) is 26.4 Å². The maximum atomic E-state index is 13.1. The van der Waals surface area contributed by atoms with Gasteiger partial charge in [-0.05, 0) is 57.3 Å². The number of esters is 4. The summed E-state index contributed by atoms with van der Waals surface area (Å²) < 4.78 is 68.5. The molecule has 0 saturated heterocycles. The van der Waals surface area contributed by atoms with Crippen LogP contribution in [0.1, 0.15) is 407 Å². The normalized spacial score (nSPS) is 14.0. The van der Waals surface area contributed by atoms with E-state index in [0.29, 0.717) is 25.7 Å². The van der Waals surface area contributed by atoms with Crippen LogP contribution in [-0.4, -0.2) is 96.7 Å². The summed E-state index contributed by atoms with van der Waals surface area (Å²) >= 11 is 0. The fourth-order valence-corrected chi connectivity index (χ4v) is 13.6. The number of rotatable bonds is 79. The van der Waals surface area contributed by atoms with Gasteiger partial charge in [0, 0.05) is 25.7 Å². The summed E-state index contributed by atoms with van der Waals surface area (Å²) in [7, 11) is -9.93. The Morgan fingerprint density at radius 2 is 0.540 bits per heavy atom. The average molecular weight is 1460 g/mol. The van der Waals surface area contributed by atoms with Crippen LogP contribution in [0.15, 0.2) is 24.3 Å². The highest BCUT2D eigenvalue weighted by Gasteiger charge is 2.30. The summed E-state index contributed by atoms with van der Waals surface area (Å²) in [5, 5.41) is 10.6. The number of unbranched alkanes of at least 4 members (excludes halogenated alkanes) is 48. The molecule has 590 valence electrons. The smallest absolute Gasteiger partial charge is 0.462 e. The van der Waals surface area contributed by atoms with Crippen LogP contribution in [0.25, 0.3) is 0 Å². The van der Waals surface area contributed by atoms with Crippen molar-refractivity contribution >= 4 is 39.5 Å². The van der Waals surface area contributed by atoms with Crippen molar-refractivity contribution < 1.29 is 80.2 Å². The van der Waals surface area contributed by atoms with E-state index >= 15 is 0 Å². The van der Waals surface area contributed by atoms with Gasteiger partial charge in [-0.2, -0.15) is 0 Å². The highest BCUT2D eigenvalue weighted by Crippen LogP contribution is 2.45. The molecule has 0 aliphatic carbocycles. The molecule has 0 rings (SSSR count). The molecule has 3 N–H and O–H groups in total. The molecule has 0 aromatic rings. The Balaban J connectivity index is 5.20. The molecule has 0 heterocycles. The Labute approximate surface area is 612 Å². The van der Waals surface area contributed by atoms with E-state index in [-0.39, 0.29) is 25.7 Å². The van der Waals surface area contributed by atoms with Crippen LogP contribution >= 0.6 is 15.6 Å². The molecule has 17 nitrogen and oxygen atoms in total. The number of aliphatic hydroxyl groups excluding tert-OH is 1. The van der Waals surface area contributed by atoms with E-state index in [4.69, 9.17) is 37.0 Å². The molecular formula is C81H154O17P2. The van der Waals surface area contributed by atoms with Crippen molar-refractivity contribution in [3.05, 3.63) is 24.3 Å². The van der Waals surface area contributed by atoms with E-state index in [1.165, 1.54) is 205 Å². The third-order valence-corrected chi connectivity index (χ3v) is 20.3. The SMILES string of the molecule is CCCCCC/C=C\C=C/CCCCCCCC(=O)O[C@H](COC(=O)CCCCCCCCC)COP(=O)(O)OC[C@H](O)COP(=O)(O)OC[C@@H](COC(=O)CCCCCCCCCCCCCCCCC(C)C)OC(=O)CCCCCCCCCCCCCCCCCCCCCCC. The van der Waals surface area contributed by atoms with Crippen molar-refractivity contribution in [2.24, 2.45) is 5.92 Å². The average Bonchev–Trinajstić information content (AvgIpc) is 0.933. The fourth-order valence-electron chi connectivity index (χ4n) is 12.0. The fraction of sp³-hybridized carbons (Fsp3) is 0.901. The molecule has 0 bridgehead atoms. The minimum Gasteiger partial charge on any atom is -0.462 e. The zero-order chi connectivity index (χ0) is 73.4. The van der Waals surface area contributed by atoms with Gasteiger partial charge in [0.1, 0.15) is 19.3 Å².